The number of nitrogens with zero attached hydrogens (tertiary/aromatic N) is 2. The average molecular weight is 373 g/mol. The lowest BCUT2D eigenvalue weighted by atomic mass is 9.84. The Morgan fingerprint density at radius 3 is 2.61 bits per heavy atom. The number of benzene rings is 2. The van der Waals surface area contributed by atoms with Crippen LogP contribution in [0.15, 0.2) is 60.9 Å². The van der Waals surface area contributed by atoms with Crippen LogP contribution < -0.4 is 14.8 Å². The zero-order valence-electron chi connectivity index (χ0n) is 16.1. The van der Waals surface area contributed by atoms with Crippen molar-refractivity contribution < 1.29 is 9.47 Å². The van der Waals surface area contributed by atoms with Crippen molar-refractivity contribution in [3.63, 3.8) is 0 Å². The van der Waals surface area contributed by atoms with Gasteiger partial charge < -0.3 is 14.8 Å². The van der Waals surface area contributed by atoms with Crippen molar-refractivity contribution in [1.82, 2.24) is 9.88 Å². The van der Waals surface area contributed by atoms with Gasteiger partial charge in [-0.2, -0.15) is 0 Å². The molecule has 142 valence electrons. The normalized spacial score (nSPS) is 20.4. The summed E-state index contributed by atoms with van der Waals surface area (Å²) in [5.41, 5.74) is 6.23. The standard InChI is InChI=1S/C23H23N3O2/c1-27-20-12-15-9-11-26-22(18(15)13-21(20)28-2)17-7-3-4-8-19(17)25-23(26)16-6-5-10-24-14-16/h3-8,10,12-14,22-23,25H,9,11H2,1-2H3/t22-,23-/m1/s1. The predicted molar refractivity (Wildman–Crippen MR) is 109 cm³/mol. The molecule has 0 radical (unpaired) electrons. The van der Waals surface area contributed by atoms with Crippen LogP contribution in [0.5, 0.6) is 11.5 Å². The van der Waals surface area contributed by atoms with Crippen LogP contribution in [0.3, 0.4) is 0 Å². The molecule has 0 aliphatic carbocycles. The Labute approximate surface area is 164 Å². The number of nitrogens with one attached hydrogen (secondary N) is 1. The second-order valence-corrected chi connectivity index (χ2v) is 7.22. The lowest BCUT2D eigenvalue weighted by Crippen LogP contribution is -2.45. The average Bonchev–Trinajstić information content (AvgIpc) is 2.77. The van der Waals surface area contributed by atoms with Gasteiger partial charge in [-0.15, -0.1) is 0 Å². The zero-order valence-corrected chi connectivity index (χ0v) is 16.1. The molecule has 2 aromatic carbocycles. The van der Waals surface area contributed by atoms with Gasteiger partial charge in [-0.25, -0.2) is 0 Å². The molecule has 0 spiro atoms. The maximum absolute atomic E-state index is 5.61. The summed E-state index contributed by atoms with van der Waals surface area (Å²) in [6, 6.07) is 17.1. The van der Waals surface area contributed by atoms with E-state index in [1.807, 2.05) is 18.5 Å². The van der Waals surface area contributed by atoms with Gasteiger partial charge in [0, 0.05) is 30.2 Å². The molecule has 0 saturated heterocycles. The molecule has 2 aliphatic heterocycles. The van der Waals surface area contributed by atoms with Crippen molar-refractivity contribution in [2.24, 2.45) is 0 Å². The fraction of sp³-hybridized carbons (Fsp3) is 0.261. The molecule has 3 heterocycles. The summed E-state index contributed by atoms with van der Waals surface area (Å²) >= 11 is 0. The number of methoxy groups -OCH3 is 2. The van der Waals surface area contributed by atoms with E-state index in [9.17, 15) is 0 Å². The van der Waals surface area contributed by atoms with Crippen LogP contribution in [0.4, 0.5) is 5.69 Å². The topological polar surface area (TPSA) is 46.6 Å². The second kappa shape index (κ2) is 6.84. The van der Waals surface area contributed by atoms with Gasteiger partial charge in [-0.05, 0) is 47.4 Å². The summed E-state index contributed by atoms with van der Waals surface area (Å²) in [5, 5.41) is 3.72. The van der Waals surface area contributed by atoms with Gasteiger partial charge in [0.05, 0.1) is 20.3 Å². The number of anilines is 1. The Hall–Kier alpha value is -3.05. The van der Waals surface area contributed by atoms with E-state index >= 15 is 0 Å². The second-order valence-electron chi connectivity index (χ2n) is 7.22. The van der Waals surface area contributed by atoms with Gasteiger partial charge >= 0.3 is 0 Å². The number of hydrogen-bond acceptors (Lipinski definition) is 5. The molecule has 5 nitrogen and oxygen atoms in total. The summed E-state index contributed by atoms with van der Waals surface area (Å²) in [5.74, 6) is 1.57. The molecule has 0 saturated carbocycles. The van der Waals surface area contributed by atoms with E-state index in [0.717, 1.165) is 24.5 Å². The fourth-order valence-corrected chi connectivity index (χ4v) is 4.50. The number of para-hydroxylation sites is 1. The third kappa shape index (κ3) is 2.62. The van der Waals surface area contributed by atoms with Crippen molar-refractivity contribution in [1.29, 1.82) is 0 Å². The maximum Gasteiger partial charge on any atom is 0.161 e. The summed E-state index contributed by atoms with van der Waals surface area (Å²) in [4.78, 5) is 6.87. The number of fused-ring (bicyclic) bond motifs is 5. The highest BCUT2D eigenvalue weighted by Crippen LogP contribution is 2.48. The Balaban J connectivity index is 1.69. The minimum atomic E-state index is 0.0786. The number of rotatable bonds is 3. The highest BCUT2D eigenvalue weighted by atomic mass is 16.5. The number of hydrogen-bond donors (Lipinski definition) is 1. The van der Waals surface area contributed by atoms with Crippen molar-refractivity contribution in [3.8, 4) is 11.5 Å². The third-order valence-electron chi connectivity index (χ3n) is 5.79. The quantitative estimate of drug-likeness (QED) is 0.747. The molecule has 1 aromatic heterocycles. The molecule has 2 atom stereocenters. The molecule has 5 rings (SSSR count). The molecule has 0 amide bonds. The van der Waals surface area contributed by atoms with Crippen LogP contribution in [0.2, 0.25) is 0 Å². The van der Waals surface area contributed by atoms with E-state index in [2.05, 4.69) is 57.7 Å². The third-order valence-corrected chi connectivity index (χ3v) is 5.79. The lowest BCUT2D eigenvalue weighted by Gasteiger charge is -2.47. The van der Waals surface area contributed by atoms with E-state index in [4.69, 9.17) is 9.47 Å². The van der Waals surface area contributed by atoms with Gasteiger partial charge in [0.15, 0.2) is 11.5 Å². The molecule has 0 bridgehead atoms. The Morgan fingerprint density at radius 2 is 1.82 bits per heavy atom. The van der Waals surface area contributed by atoms with Crippen LogP contribution in [-0.2, 0) is 6.42 Å². The minimum Gasteiger partial charge on any atom is -0.493 e. The summed E-state index contributed by atoms with van der Waals surface area (Å²) in [6.45, 7) is 0.952. The fourth-order valence-electron chi connectivity index (χ4n) is 4.50. The summed E-state index contributed by atoms with van der Waals surface area (Å²) < 4.78 is 11.2. The van der Waals surface area contributed by atoms with Crippen molar-refractivity contribution in [2.45, 2.75) is 18.6 Å². The first-order valence-electron chi connectivity index (χ1n) is 9.56. The number of pyridine rings is 1. The molecule has 3 aromatic rings. The highest BCUT2D eigenvalue weighted by molar-refractivity contribution is 5.61. The Bertz CT molecular complexity index is 1010. The first-order chi connectivity index (χ1) is 13.8. The smallest absolute Gasteiger partial charge is 0.161 e. The minimum absolute atomic E-state index is 0.0786. The molecular weight excluding hydrogens is 350 g/mol. The van der Waals surface area contributed by atoms with Gasteiger partial charge in [0.1, 0.15) is 6.17 Å². The van der Waals surface area contributed by atoms with Crippen LogP contribution >= 0.6 is 0 Å². The van der Waals surface area contributed by atoms with Gasteiger partial charge in [-0.3, -0.25) is 9.88 Å². The molecule has 0 unspecified atom stereocenters. The summed E-state index contributed by atoms with van der Waals surface area (Å²) in [6.07, 6.45) is 4.81. The van der Waals surface area contributed by atoms with Crippen LogP contribution in [0.25, 0.3) is 0 Å². The number of aromatic nitrogens is 1. The Kier molecular flexibility index (Phi) is 4.17. The van der Waals surface area contributed by atoms with E-state index in [-0.39, 0.29) is 12.2 Å². The van der Waals surface area contributed by atoms with Crippen LogP contribution in [0, 0.1) is 0 Å². The lowest BCUT2D eigenvalue weighted by molar-refractivity contribution is 0.153. The maximum atomic E-state index is 5.61. The molecule has 1 N–H and O–H groups in total. The first-order valence-corrected chi connectivity index (χ1v) is 9.56. The zero-order chi connectivity index (χ0) is 19.1. The van der Waals surface area contributed by atoms with Crippen molar-refractivity contribution >= 4 is 5.69 Å². The Morgan fingerprint density at radius 1 is 1.00 bits per heavy atom. The largest absolute Gasteiger partial charge is 0.493 e. The highest BCUT2D eigenvalue weighted by Gasteiger charge is 2.39. The SMILES string of the molecule is COc1cc2c(cc1OC)[C@H]1c3ccccc3N[C@@H](c3cccnc3)N1CC2. The van der Waals surface area contributed by atoms with E-state index in [1.165, 1.54) is 27.9 Å². The van der Waals surface area contributed by atoms with Crippen LogP contribution in [0.1, 0.15) is 34.5 Å². The monoisotopic (exact) mass is 373 g/mol. The van der Waals surface area contributed by atoms with E-state index in [0.29, 0.717) is 0 Å². The first kappa shape index (κ1) is 17.1. The summed E-state index contributed by atoms with van der Waals surface area (Å²) in [7, 11) is 3.39. The van der Waals surface area contributed by atoms with Gasteiger partial charge in [-0.1, -0.05) is 24.3 Å². The van der Waals surface area contributed by atoms with Gasteiger partial charge in [0.2, 0.25) is 0 Å². The predicted octanol–water partition coefficient (Wildman–Crippen LogP) is 4.17. The van der Waals surface area contributed by atoms with E-state index < -0.39 is 0 Å². The van der Waals surface area contributed by atoms with Gasteiger partial charge in [0.25, 0.3) is 0 Å². The molecule has 2 aliphatic rings. The number of ether oxygens (including phenoxy) is 2. The molecular formula is C23H23N3O2. The molecule has 28 heavy (non-hydrogen) atoms. The van der Waals surface area contributed by atoms with E-state index in [1.54, 1.807) is 14.2 Å². The van der Waals surface area contributed by atoms with Crippen LogP contribution in [-0.4, -0.2) is 30.6 Å². The molecule has 5 heteroatoms. The van der Waals surface area contributed by atoms with Crippen molar-refractivity contribution in [3.05, 3.63) is 83.2 Å². The van der Waals surface area contributed by atoms with Crippen molar-refractivity contribution in [2.75, 3.05) is 26.1 Å². The molecule has 0 fully saturated rings.